The molecule has 0 spiro atoms. The van der Waals surface area contributed by atoms with Crippen molar-refractivity contribution in [1.29, 1.82) is 0 Å². The predicted molar refractivity (Wildman–Crippen MR) is 105 cm³/mol. The fourth-order valence-electron chi connectivity index (χ4n) is 4.64. The molecule has 0 aliphatic carbocycles. The summed E-state index contributed by atoms with van der Waals surface area (Å²) in [6.45, 7) is 10.1. The number of piperidine rings is 1. The van der Waals surface area contributed by atoms with Crippen LogP contribution in [0.25, 0.3) is 0 Å². The lowest BCUT2D eigenvalue weighted by atomic mass is 9.96. The van der Waals surface area contributed by atoms with Gasteiger partial charge in [0.2, 0.25) is 5.95 Å². The SMILES string of the molecule is OC[C@@H]1CN(Cc2cnc(N3CCCCC3)nc2)C[C@@H]1CN1CCOCC1. The van der Waals surface area contributed by atoms with Crippen LogP contribution in [0.5, 0.6) is 0 Å². The van der Waals surface area contributed by atoms with E-state index < -0.39 is 0 Å². The molecule has 3 aliphatic heterocycles. The van der Waals surface area contributed by atoms with E-state index in [1.54, 1.807) is 0 Å². The third-order valence-corrected chi connectivity index (χ3v) is 6.22. The van der Waals surface area contributed by atoms with Crippen molar-refractivity contribution in [3.8, 4) is 0 Å². The van der Waals surface area contributed by atoms with E-state index >= 15 is 0 Å². The average Bonchev–Trinajstić information content (AvgIpc) is 3.11. The second-order valence-corrected chi connectivity index (χ2v) is 8.25. The van der Waals surface area contributed by atoms with Crippen molar-refractivity contribution in [2.24, 2.45) is 11.8 Å². The highest BCUT2D eigenvalue weighted by Gasteiger charge is 2.33. The molecule has 0 bridgehead atoms. The molecule has 3 fully saturated rings. The molecule has 0 saturated carbocycles. The van der Waals surface area contributed by atoms with Crippen molar-refractivity contribution in [2.75, 3.05) is 70.5 Å². The molecule has 150 valence electrons. The molecule has 4 rings (SSSR count). The van der Waals surface area contributed by atoms with Gasteiger partial charge in [0, 0.05) is 76.9 Å². The third-order valence-electron chi connectivity index (χ3n) is 6.22. The highest BCUT2D eigenvalue weighted by atomic mass is 16.5. The maximum atomic E-state index is 9.83. The Kier molecular flexibility index (Phi) is 6.55. The van der Waals surface area contributed by atoms with Gasteiger partial charge in [-0.2, -0.15) is 0 Å². The van der Waals surface area contributed by atoms with Gasteiger partial charge in [-0.05, 0) is 31.1 Å². The summed E-state index contributed by atoms with van der Waals surface area (Å²) >= 11 is 0. The summed E-state index contributed by atoms with van der Waals surface area (Å²) in [4.78, 5) is 16.5. The molecule has 0 unspecified atom stereocenters. The Morgan fingerprint density at radius 1 is 0.926 bits per heavy atom. The van der Waals surface area contributed by atoms with Crippen LogP contribution in [0.4, 0.5) is 5.95 Å². The summed E-state index contributed by atoms with van der Waals surface area (Å²) in [6.07, 6.45) is 7.78. The first-order valence-electron chi connectivity index (χ1n) is 10.5. The molecule has 1 N–H and O–H groups in total. The number of ether oxygens (including phenoxy) is 1. The van der Waals surface area contributed by atoms with E-state index in [9.17, 15) is 5.11 Å². The first-order valence-corrected chi connectivity index (χ1v) is 10.5. The Hall–Kier alpha value is -1.28. The molecule has 0 amide bonds. The lowest BCUT2D eigenvalue weighted by Gasteiger charge is -2.30. The maximum Gasteiger partial charge on any atom is 0.225 e. The van der Waals surface area contributed by atoms with Gasteiger partial charge in [-0.25, -0.2) is 9.97 Å². The number of aliphatic hydroxyl groups excluding tert-OH is 1. The second-order valence-electron chi connectivity index (χ2n) is 8.25. The second kappa shape index (κ2) is 9.28. The minimum atomic E-state index is 0.274. The summed E-state index contributed by atoms with van der Waals surface area (Å²) < 4.78 is 5.45. The van der Waals surface area contributed by atoms with E-state index in [0.717, 1.165) is 71.5 Å². The Labute approximate surface area is 162 Å². The molecule has 0 aromatic carbocycles. The number of morpholine rings is 1. The molecular weight excluding hydrogens is 342 g/mol. The van der Waals surface area contributed by atoms with Gasteiger partial charge in [-0.15, -0.1) is 0 Å². The number of anilines is 1. The quantitative estimate of drug-likeness (QED) is 0.790. The molecule has 3 saturated heterocycles. The van der Waals surface area contributed by atoms with Crippen LogP contribution in [0.1, 0.15) is 24.8 Å². The molecule has 7 heteroatoms. The molecule has 4 heterocycles. The smallest absolute Gasteiger partial charge is 0.225 e. The van der Waals surface area contributed by atoms with Crippen LogP contribution in [0.15, 0.2) is 12.4 Å². The number of rotatable bonds is 6. The number of aromatic nitrogens is 2. The lowest BCUT2D eigenvalue weighted by Crippen LogP contribution is -2.41. The van der Waals surface area contributed by atoms with Crippen LogP contribution in [0, 0.1) is 11.8 Å². The highest BCUT2D eigenvalue weighted by Crippen LogP contribution is 2.26. The van der Waals surface area contributed by atoms with Gasteiger partial charge in [0.15, 0.2) is 0 Å². The molecule has 27 heavy (non-hydrogen) atoms. The lowest BCUT2D eigenvalue weighted by molar-refractivity contribution is 0.0264. The first-order chi connectivity index (χ1) is 13.3. The van der Waals surface area contributed by atoms with E-state index in [1.165, 1.54) is 24.8 Å². The summed E-state index contributed by atoms with van der Waals surface area (Å²) in [6, 6.07) is 0. The van der Waals surface area contributed by atoms with Crippen LogP contribution in [0.3, 0.4) is 0 Å². The van der Waals surface area contributed by atoms with Gasteiger partial charge in [0.1, 0.15) is 0 Å². The van der Waals surface area contributed by atoms with Crippen LogP contribution in [0.2, 0.25) is 0 Å². The van der Waals surface area contributed by atoms with Gasteiger partial charge < -0.3 is 14.7 Å². The van der Waals surface area contributed by atoms with Crippen molar-refractivity contribution in [3.05, 3.63) is 18.0 Å². The van der Waals surface area contributed by atoms with Crippen LogP contribution in [-0.4, -0.2) is 90.5 Å². The number of aliphatic hydroxyl groups is 1. The minimum absolute atomic E-state index is 0.274. The molecule has 1 aromatic rings. The van der Waals surface area contributed by atoms with Crippen molar-refractivity contribution in [3.63, 3.8) is 0 Å². The Morgan fingerprint density at radius 3 is 2.33 bits per heavy atom. The van der Waals surface area contributed by atoms with E-state index in [-0.39, 0.29) is 6.61 Å². The number of hydrogen-bond acceptors (Lipinski definition) is 7. The topological polar surface area (TPSA) is 65.0 Å². The van der Waals surface area contributed by atoms with Gasteiger partial charge in [-0.3, -0.25) is 9.80 Å². The van der Waals surface area contributed by atoms with E-state index in [0.29, 0.717) is 11.8 Å². The highest BCUT2D eigenvalue weighted by molar-refractivity contribution is 5.30. The zero-order valence-electron chi connectivity index (χ0n) is 16.3. The molecule has 2 atom stereocenters. The maximum absolute atomic E-state index is 9.83. The van der Waals surface area contributed by atoms with Crippen molar-refractivity contribution in [2.45, 2.75) is 25.8 Å². The summed E-state index contributed by atoms with van der Waals surface area (Å²) in [5.74, 6) is 1.77. The molecule has 1 aromatic heterocycles. The zero-order chi connectivity index (χ0) is 18.5. The van der Waals surface area contributed by atoms with E-state index in [4.69, 9.17) is 4.74 Å². The van der Waals surface area contributed by atoms with Gasteiger partial charge in [0.05, 0.1) is 13.2 Å². The standard InChI is InChI=1S/C20H33N5O2/c26-16-19-15-24(14-18(19)13-23-6-8-27-9-7-23)12-17-10-21-20(22-11-17)25-4-2-1-3-5-25/h10-11,18-19,26H,1-9,12-16H2/t18-,19-/m0/s1. The van der Waals surface area contributed by atoms with Gasteiger partial charge >= 0.3 is 0 Å². The van der Waals surface area contributed by atoms with Crippen LogP contribution in [-0.2, 0) is 11.3 Å². The third kappa shape index (κ3) is 4.96. The molecule has 7 nitrogen and oxygen atoms in total. The summed E-state index contributed by atoms with van der Waals surface area (Å²) in [5.41, 5.74) is 1.17. The number of likely N-dealkylation sites (tertiary alicyclic amines) is 1. The molecule has 3 aliphatic rings. The monoisotopic (exact) mass is 375 g/mol. The number of hydrogen-bond donors (Lipinski definition) is 1. The Bertz CT molecular complexity index is 572. The fraction of sp³-hybridized carbons (Fsp3) is 0.800. The largest absolute Gasteiger partial charge is 0.396 e. The van der Waals surface area contributed by atoms with Crippen molar-refractivity contribution < 1.29 is 9.84 Å². The molecule has 0 radical (unpaired) electrons. The Morgan fingerprint density at radius 2 is 1.63 bits per heavy atom. The summed E-state index contributed by atoms with van der Waals surface area (Å²) in [5, 5.41) is 9.83. The van der Waals surface area contributed by atoms with Crippen LogP contribution >= 0.6 is 0 Å². The van der Waals surface area contributed by atoms with Crippen molar-refractivity contribution in [1.82, 2.24) is 19.8 Å². The van der Waals surface area contributed by atoms with E-state index in [1.807, 2.05) is 12.4 Å². The van der Waals surface area contributed by atoms with Crippen LogP contribution < -0.4 is 4.90 Å². The molecular formula is C20H33N5O2. The van der Waals surface area contributed by atoms with Gasteiger partial charge in [0.25, 0.3) is 0 Å². The zero-order valence-corrected chi connectivity index (χ0v) is 16.3. The van der Waals surface area contributed by atoms with Gasteiger partial charge in [-0.1, -0.05) is 0 Å². The summed E-state index contributed by atoms with van der Waals surface area (Å²) in [7, 11) is 0. The predicted octanol–water partition coefficient (Wildman–Crippen LogP) is 0.839. The van der Waals surface area contributed by atoms with E-state index in [2.05, 4.69) is 24.7 Å². The fourth-order valence-corrected chi connectivity index (χ4v) is 4.64. The normalized spacial score (nSPS) is 28.0. The Balaban J connectivity index is 1.31. The number of nitrogens with zero attached hydrogens (tertiary/aromatic N) is 5. The average molecular weight is 376 g/mol. The van der Waals surface area contributed by atoms with Crippen molar-refractivity contribution >= 4 is 5.95 Å². The minimum Gasteiger partial charge on any atom is -0.396 e. The first kappa shape index (κ1) is 19.1.